The first-order chi connectivity index (χ1) is 12.1. The standard InChI is InChI=1S/C18H22N4O3/c1-13(2)24-16-6-4-9-20-17(16)21-18(23)22-10-7-15(12-22)25-14-5-3-8-19-11-14/h3-6,8-9,11,13,15H,7,10,12H2,1-2H3,(H,20,21,23)/t15-/m1/s1. The summed E-state index contributed by atoms with van der Waals surface area (Å²) in [6.07, 6.45) is 5.74. The number of urea groups is 1. The van der Waals surface area contributed by atoms with Crippen LogP contribution in [0.25, 0.3) is 0 Å². The lowest BCUT2D eigenvalue weighted by atomic mass is 10.3. The monoisotopic (exact) mass is 342 g/mol. The van der Waals surface area contributed by atoms with Crippen molar-refractivity contribution < 1.29 is 14.3 Å². The molecule has 1 atom stereocenters. The zero-order chi connectivity index (χ0) is 17.6. The molecule has 1 saturated heterocycles. The molecule has 7 heteroatoms. The van der Waals surface area contributed by atoms with E-state index in [9.17, 15) is 4.79 Å². The first kappa shape index (κ1) is 17.0. The minimum Gasteiger partial charge on any atom is -0.487 e. The van der Waals surface area contributed by atoms with E-state index < -0.39 is 0 Å². The van der Waals surface area contributed by atoms with E-state index in [-0.39, 0.29) is 18.2 Å². The average Bonchev–Trinajstić information content (AvgIpc) is 3.06. The number of hydrogen-bond donors (Lipinski definition) is 1. The van der Waals surface area contributed by atoms with Crippen LogP contribution in [0.15, 0.2) is 42.9 Å². The maximum absolute atomic E-state index is 12.5. The summed E-state index contributed by atoms with van der Waals surface area (Å²) in [5, 5.41) is 2.83. The van der Waals surface area contributed by atoms with E-state index in [0.29, 0.717) is 30.4 Å². The molecule has 0 spiro atoms. The summed E-state index contributed by atoms with van der Waals surface area (Å²) in [6.45, 7) is 5.01. The van der Waals surface area contributed by atoms with Gasteiger partial charge in [0, 0.05) is 25.4 Å². The number of rotatable bonds is 5. The number of carbonyl (C=O) groups excluding carboxylic acids is 1. The zero-order valence-electron chi connectivity index (χ0n) is 14.4. The molecular weight excluding hydrogens is 320 g/mol. The van der Waals surface area contributed by atoms with Gasteiger partial charge >= 0.3 is 6.03 Å². The molecule has 1 aliphatic rings. The van der Waals surface area contributed by atoms with Crippen molar-refractivity contribution >= 4 is 11.8 Å². The number of ether oxygens (including phenoxy) is 2. The third kappa shape index (κ3) is 4.59. The van der Waals surface area contributed by atoms with Crippen LogP contribution in [-0.4, -0.2) is 46.2 Å². The Hall–Kier alpha value is -2.83. The van der Waals surface area contributed by atoms with Crippen LogP contribution in [0.2, 0.25) is 0 Å². The van der Waals surface area contributed by atoms with Crippen LogP contribution in [0.4, 0.5) is 10.6 Å². The Morgan fingerprint density at radius 1 is 1.32 bits per heavy atom. The molecule has 132 valence electrons. The van der Waals surface area contributed by atoms with Crippen molar-refractivity contribution in [1.29, 1.82) is 0 Å². The van der Waals surface area contributed by atoms with E-state index in [1.807, 2.05) is 26.0 Å². The molecule has 0 bridgehead atoms. The number of nitrogens with zero attached hydrogens (tertiary/aromatic N) is 3. The molecule has 25 heavy (non-hydrogen) atoms. The van der Waals surface area contributed by atoms with Gasteiger partial charge in [-0.15, -0.1) is 0 Å². The molecule has 7 nitrogen and oxygen atoms in total. The van der Waals surface area contributed by atoms with Gasteiger partial charge < -0.3 is 14.4 Å². The highest BCUT2D eigenvalue weighted by Gasteiger charge is 2.28. The number of carbonyl (C=O) groups is 1. The summed E-state index contributed by atoms with van der Waals surface area (Å²) >= 11 is 0. The summed E-state index contributed by atoms with van der Waals surface area (Å²) in [5.41, 5.74) is 0. The first-order valence-corrected chi connectivity index (χ1v) is 8.36. The Kier molecular flexibility index (Phi) is 5.33. The molecule has 2 aromatic rings. The summed E-state index contributed by atoms with van der Waals surface area (Å²) in [7, 11) is 0. The lowest BCUT2D eigenvalue weighted by Gasteiger charge is -2.19. The Morgan fingerprint density at radius 3 is 2.92 bits per heavy atom. The number of hydrogen-bond acceptors (Lipinski definition) is 5. The molecule has 0 radical (unpaired) electrons. The lowest BCUT2D eigenvalue weighted by Crippen LogP contribution is -2.35. The van der Waals surface area contributed by atoms with E-state index in [2.05, 4.69) is 15.3 Å². The van der Waals surface area contributed by atoms with Crippen molar-refractivity contribution in [2.24, 2.45) is 0 Å². The van der Waals surface area contributed by atoms with Crippen LogP contribution in [0.5, 0.6) is 11.5 Å². The minimum absolute atomic E-state index is 0.00361. The summed E-state index contributed by atoms with van der Waals surface area (Å²) < 4.78 is 11.5. The Labute approximate surface area is 147 Å². The summed E-state index contributed by atoms with van der Waals surface area (Å²) in [6, 6.07) is 7.05. The fourth-order valence-electron chi connectivity index (χ4n) is 2.63. The predicted molar refractivity (Wildman–Crippen MR) is 93.9 cm³/mol. The van der Waals surface area contributed by atoms with Crippen molar-refractivity contribution in [2.75, 3.05) is 18.4 Å². The van der Waals surface area contributed by atoms with Crippen molar-refractivity contribution in [1.82, 2.24) is 14.9 Å². The van der Waals surface area contributed by atoms with Gasteiger partial charge in [-0.1, -0.05) is 0 Å². The number of pyridine rings is 2. The van der Waals surface area contributed by atoms with Crippen LogP contribution in [0, 0.1) is 0 Å². The van der Waals surface area contributed by atoms with Crippen LogP contribution < -0.4 is 14.8 Å². The van der Waals surface area contributed by atoms with E-state index >= 15 is 0 Å². The highest BCUT2D eigenvalue weighted by Crippen LogP contribution is 2.23. The molecule has 0 aromatic carbocycles. The van der Waals surface area contributed by atoms with E-state index in [1.165, 1.54) is 0 Å². The lowest BCUT2D eigenvalue weighted by molar-refractivity contribution is 0.194. The number of anilines is 1. The number of aromatic nitrogens is 2. The van der Waals surface area contributed by atoms with Crippen molar-refractivity contribution in [3.8, 4) is 11.5 Å². The second-order valence-corrected chi connectivity index (χ2v) is 6.11. The van der Waals surface area contributed by atoms with Crippen LogP contribution in [0.3, 0.4) is 0 Å². The maximum Gasteiger partial charge on any atom is 0.323 e. The second-order valence-electron chi connectivity index (χ2n) is 6.11. The van der Waals surface area contributed by atoms with E-state index in [0.717, 1.165) is 6.42 Å². The topological polar surface area (TPSA) is 76.6 Å². The Bertz CT molecular complexity index is 708. The Balaban J connectivity index is 1.58. The van der Waals surface area contributed by atoms with Crippen LogP contribution >= 0.6 is 0 Å². The largest absolute Gasteiger partial charge is 0.487 e. The van der Waals surface area contributed by atoms with Crippen molar-refractivity contribution in [3.63, 3.8) is 0 Å². The third-order valence-corrected chi connectivity index (χ3v) is 3.73. The normalized spacial score (nSPS) is 16.8. The molecule has 1 fully saturated rings. The zero-order valence-corrected chi connectivity index (χ0v) is 14.4. The molecule has 3 heterocycles. The van der Waals surface area contributed by atoms with E-state index in [1.54, 1.807) is 35.6 Å². The maximum atomic E-state index is 12.5. The summed E-state index contributed by atoms with van der Waals surface area (Å²) in [5.74, 6) is 1.71. The first-order valence-electron chi connectivity index (χ1n) is 8.36. The average molecular weight is 342 g/mol. The molecule has 1 N–H and O–H groups in total. The fourth-order valence-corrected chi connectivity index (χ4v) is 2.63. The van der Waals surface area contributed by atoms with Gasteiger partial charge in [-0.25, -0.2) is 9.78 Å². The second kappa shape index (κ2) is 7.83. The molecule has 1 aliphatic heterocycles. The molecular formula is C18H22N4O3. The minimum atomic E-state index is -0.204. The van der Waals surface area contributed by atoms with Gasteiger partial charge in [0.05, 0.1) is 18.8 Å². The number of amides is 2. The van der Waals surface area contributed by atoms with Crippen molar-refractivity contribution in [3.05, 3.63) is 42.9 Å². The van der Waals surface area contributed by atoms with E-state index in [4.69, 9.17) is 9.47 Å². The fraction of sp³-hybridized carbons (Fsp3) is 0.389. The van der Waals surface area contributed by atoms with Gasteiger partial charge in [-0.3, -0.25) is 10.3 Å². The number of nitrogens with one attached hydrogen (secondary N) is 1. The van der Waals surface area contributed by atoms with Gasteiger partial charge in [0.1, 0.15) is 11.9 Å². The van der Waals surface area contributed by atoms with Crippen LogP contribution in [-0.2, 0) is 0 Å². The SMILES string of the molecule is CC(C)Oc1cccnc1NC(=O)N1CC[C@@H](Oc2cccnc2)C1. The van der Waals surface area contributed by atoms with Gasteiger partial charge in [0.2, 0.25) is 0 Å². The molecule has 2 amide bonds. The van der Waals surface area contributed by atoms with Gasteiger partial charge in [-0.05, 0) is 38.1 Å². The van der Waals surface area contributed by atoms with Gasteiger partial charge in [0.25, 0.3) is 0 Å². The molecule has 3 rings (SSSR count). The molecule has 0 saturated carbocycles. The third-order valence-electron chi connectivity index (χ3n) is 3.73. The molecule has 0 aliphatic carbocycles. The Morgan fingerprint density at radius 2 is 2.16 bits per heavy atom. The van der Waals surface area contributed by atoms with Crippen LogP contribution in [0.1, 0.15) is 20.3 Å². The summed E-state index contributed by atoms with van der Waals surface area (Å²) in [4.78, 5) is 22.5. The van der Waals surface area contributed by atoms with Crippen molar-refractivity contribution in [2.45, 2.75) is 32.5 Å². The molecule has 0 unspecified atom stereocenters. The predicted octanol–water partition coefficient (Wildman–Crippen LogP) is 2.95. The van der Waals surface area contributed by atoms with Gasteiger partial charge in [0.15, 0.2) is 11.6 Å². The molecule has 2 aromatic heterocycles. The smallest absolute Gasteiger partial charge is 0.323 e. The highest BCUT2D eigenvalue weighted by atomic mass is 16.5. The highest BCUT2D eigenvalue weighted by molar-refractivity contribution is 5.89. The number of likely N-dealkylation sites (tertiary alicyclic amines) is 1. The van der Waals surface area contributed by atoms with Gasteiger partial charge in [-0.2, -0.15) is 0 Å². The quantitative estimate of drug-likeness (QED) is 0.904.